The molecule has 0 bridgehead atoms. The molecule has 14 N–H and O–H groups in total. The fourth-order valence-electron chi connectivity index (χ4n) is 3.24. The standard InChI is InChI=1S/C21H34N10O8/c22-11(2-1-5-27-21(24)25)17(35)30-13(6-10-8-26-9-28-10)19(37)29-12(3-4-16(33)34)18(36)31-14(20(38)39)7-15(23)32/h8-9,11-14H,1-7,22H2,(H2,23,32)(H,26,28)(H,29,37)(H,30,35)(H,31,36)(H,33,34)(H,38,39)(H4,24,25,27). The maximum atomic E-state index is 13.2. The minimum Gasteiger partial charge on any atom is -0.481 e. The number of rotatable bonds is 18. The minimum atomic E-state index is -1.71. The lowest BCUT2D eigenvalue weighted by Gasteiger charge is -2.24. The second-order valence-electron chi connectivity index (χ2n) is 8.46. The highest BCUT2D eigenvalue weighted by molar-refractivity contribution is 5.95. The number of nitrogens with zero attached hydrogens (tertiary/aromatic N) is 2. The Bertz CT molecular complexity index is 1040. The number of aromatic nitrogens is 2. The Labute approximate surface area is 222 Å². The number of aliphatic carboxylic acids is 2. The van der Waals surface area contributed by atoms with Gasteiger partial charge in [0.2, 0.25) is 23.6 Å². The Hall–Kier alpha value is -4.74. The Morgan fingerprint density at radius 3 is 2.08 bits per heavy atom. The predicted octanol–water partition coefficient (Wildman–Crippen LogP) is -4.39. The number of imidazole rings is 1. The molecule has 1 rings (SSSR count). The molecule has 0 aliphatic heterocycles. The van der Waals surface area contributed by atoms with E-state index in [2.05, 4.69) is 30.9 Å². The third kappa shape index (κ3) is 12.9. The summed E-state index contributed by atoms with van der Waals surface area (Å²) < 4.78 is 0. The quantitative estimate of drug-likeness (QED) is 0.0467. The fraction of sp³-hybridized carbons (Fsp3) is 0.524. The highest BCUT2D eigenvalue weighted by Gasteiger charge is 2.31. The SMILES string of the molecule is NC(=O)CC(NC(=O)C(CCC(=O)O)NC(=O)C(Cc1cnc[nH]1)NC(=O)C(N)CCCN=C(N)N)C(=O)O. The highest BCUT2D eigenvalue weighted by atomic mass is 16.4. The molecule has 0 spiro atoms. The van der Waals surface area contributed by atoms with Crippen molar-refractivity contribution in [2.75, 3.05) is 6.54 Å². The molecule has 39 heavy (non-hydrogen) atoms. The summed E-state index contributed by atoms with van der Waals surface area (Å²) in [5.41, 5.74) is 21.9. The van der Waals surface area contributed by atoms with Crippen LogP contribution in [-0.4, -0.2) is 92.4 Å². The number of H-pyrrole nitrogens is 1. The number of amides is 4. The van der Waals surface area contributed by atoms with Crippen LogP contribution in [0.5, 0.6) is 0 Å². The second kappa shape index (κ2) is 16.2. The van der Waals surface area contributed by atoms with Gasteiger partial charge in [0.1, 0.15) is 18.1 Å². The Kier molecular flexibility index (Phi) is 13.4. The average Bonchev–Trinajstić information content (AvgIpc) is 3.35. The van der Waals surface area contributed by atoms with Crippen molar-refractivity contribution in [3.05, 3.63) is 18.2 Å². The normalized spacial score (nSPS) is 13.7. The zero-order valence-electron chi connectivity index (χ0n) is 21.0. The Balaban J connectivity index is 3.04. The van der Waals surface area contributed by atoms with Crippen molar-refractivity contribution in [3.8, 4) is 0 Å². The molecule has 18 nitrogen and oxygen atoms in total. The van der Waals surface area contributed by atoms with Crippen molar-refractivity contribution in [2.45, 2.75) is 62.7 Å². The lowest BCUT2D eigenvalue weighted by molar-refractivity contribution is -0.144. The number of hydrogen-bond acceptors (Lipinski definition) is 9. The molecular formula is C21H34N10O8. The van der Waals surface area contributed by atoms with Crippen LogP contribution < -0.4 is 38.9 Å². The molecule has 0 saturated carbocycles. The maximum Gasteiger partial charge on any atom is 0.326 e. The van der Waals surface area contributed by atoms with Gasteiger partial charge in [-0.2, -0.15) is 0 Å². The van der Waals surface area contributed by atoms with Crippen LogP contribution in [0.15, 0.2) is 17.5 Å². The molecule has 0 aliphatic carbocycles. The van der Waals surface area contributed by atoms with Crippen molar-refractivity contribution in [1.82, 2.24) is 25.9 Å². The first-order valence-corrected chi connectivity index (χ1v) is 11.7. The lowest BCUT2D eigenvalue weighted by atomic mass is 10.1. The number of primary amides is 1. The number of aliphatic imine (C=N–C) groups is 1. The van der Waals surface area contributed by atoms with Crippen molar-refractivity contribution < 1.29 is 39.0 Å². The number of carboxylic acid groups (broad SMARTS) is 2. The molecule has 0 aromatic carbocycles. The first-order valence-electron chi connectivity index (χ1n) is 11.7. The summed E-state index contributed by atoms with van der Waals surface area (Å²) in [6.45, 7) is 0.231. The van der Waals surface area contributed by atoms with E-state index >= 15 is 0 Å². The highest BCUT2D eigenvalue weighted by Crippen LogP contribution is 2.06. The van der Waals surface area contributed by atoms with Crippen molar-refractivity contribution in [3.63, 3.8) is 0 Å². The largest absolute Gasteiger partial charge is 0.481 e. The van der Waals surface area contributed by atoms with Gasteiger partial charge >= 0.3 is 11.9 Å². The number of aromatic amines is 1. The molecule has 1 heterocycles. The number of nitrogens with one attached hydrogen (secondary N) is 4. The van der Waals surface area contributed by atoms with E-state index in [0.717, 1.165) is 0 Å². The van der Waals surface area contributed by atoms with Crippen molar-refractivity contribution in [1.29, 1.82) is 0 Å². The van der Waals surface area contributed by atoms with Crippen LogP contribution in [0.25, 0.3) is 0 Å². The molecule has 0 fully saturated rings. The van der Waals surface area contributed by atoms with Crippen molar-refractivity contribution >= 4 is 41.5 Å². The predicted molar refractivity (Wildman–Crippen MR) is 134 cm³/mol. The summed E-state index contributed by atoms with van der Waals surface area (Å²) in [7, 11) is 0. The van der Waals surface area contributed by atoms with E-state index in [-0.39, 0.29) is 25.3 Å². The van der Waals surface area contributed by atoms with Crippen LogP contribution >= 0.6 is 0 Å². The Morgan fingerprint density at radius 1 is 0.923 bits per heavy atom. The van der Waals surface area contributed by atoms with Gasteiger partial charge in [0, 0.05) is 31.3 Å². The Morgan fingerprint density at radius 2 is 1.54 bits per heavy atom. The maximum absolute atomic E-state index is 13.2. The lowest BCUT2D eigenvalue weighted by Crippen LogP contribution is -2.58. The van der Waals surface area contributed by atoms with Crippen LogP contribution in [-0.2, 0) is 35.2 Å². The van der Waals surface area contributed by atoms with Gasteiger partial charge in [0.25, 0.3) is 0 Å². The van der Waals surface area contributed by atoms with Gasteiger partial charge in [0.05, 0.1) is 18.8 Å². The molecular weight excluding hydrogens is 520 g/mol. The summed E-state index contributed by atoms with van der Waals surface area (Å²) in [5.74, 6) is -6.63. The first kappa shape index (κ1) is 32.3. The number of carbonyl (C=O) groups excluding carboxylic acids is 4. The molecule has 4 unspecified atom stereocenters. The van der Waals surface area contributed by atoms with Crippen LogP contribution in [0.4, 0.5) is 0 Å². The molecule has 1 aromatic heterocycles. The van der Waals surface area contributed by atoms with Gasteiger partial charge in [0.15, 0.2) is 5.96 Å². The summed E-state index contributed by atoms with van der Waals surface area (Å²) >= 11 is 0. The summed E-state index contributed by atoms with van der Waals surface area (Å²) in [4.78, 5) is 82.6. The molecule has 1 aromatic rings. The van der Waals surface area contributed by atoms with E-state index in [1.807, 2.05) is 0 Å². The molecule has 4 atom stereocenters. The van der Waals surface area contributed by atoms with E-state index in [0.29, 0.717) is 12.1 Å². The molecule has 216 valence electrons. The van der Waals surface area contributed by atoms with E-state index in [1.165, 1.54) is 12.5 Å². The zero-order valence-corrected chi connectivity index (χ0v) is 21.0. The molecule has 4 amide bonds. The van der Waals surface area contributed by atoms with E-state index < -0.39 is 79.0 Å². The van der Waals surface area contributed by atoms with Crippen LogP contribution in [0, 0.1) is 0 Å². The van der Waals surface area contributed by atoms with Crippen LogP contribution in [0.1, 0.15) is 37.8 Å². The smallest absolute Gasteiger partial charge is 0.326 e. The van der Waals surface area contributed by atoms with Gasteiger partial charge in [-0.05, 0) is 19.3 Å². The topological polar surface area (TPSA) is 324 Å². The zero-order chi connectivity index (χ0) is 29.5. The molecule has 0 radical (unpaired) electrons. The third-order valence-electron chi connectivity index (χ3n) is 5.22. The number of carbonyl (C=O) groups is 6. The van der Waals surface area contributed by atoms with Crippen LogP contribution in [0.3, 0.4) is 0 Å². The van der Waals surface area contributed by atoms with Gasteiger partial charge in [-0.1, -0.05) is 0 Å². The minimum absolute atomic E-state index is 0.106. The van der Waals surface area contributed by atoms with E-state index in [1.54, 1.807) is 0 Å². The van der Waals surface area contributed by atoms with Gasteiger partial charge in [-0.25, -0.2) is 9.78 Å². The number of carboxylic acids is 2. The van der Waals surface area contributed by atoms with Gasteiger partial charge in [-0.3, -0.25) is 29.0 Å². The number of guanidine groups is 1. The summed E-state index contributed by atoms with van der Waals surface area (Å²) in [6.07, 6.45) is 1.46. The summed E-state index contributed by atoms with van der Waals surface area (Å²) in [5, 5.41) is 25.2. The number of hydrogen-bond donors (Lipinski definition) is 10. The van der Waals surface area contributed by atoms with Gasteiger partial charge in [-0.15, -0.1) is 0 Å². The first-order chi connectivity index (χ1) is 18.3. The molecule has 0 aliphatic rings. The van der Waals surface area contributed by atoms with Crippen molar-refractivity contribution in [2.24, 2.45) is 27.9 Å². The van der Waals surface area contributed by atoms with E-state index in [9.17, 15) is 33.9 Å². The molecule has 0 saturated heterocycles. The van der Waals surface area contributed by atoms with Gasteiger partial charge < -0.3 is 54.1 Å². The average molecular weight is 555 g/mol. The van der Waals surface area contributed by atoms with E-state index in [4.69, 9.17) is 28.0 Å². The number of nitrogens with two attached hydrogens (primary N) is 4. The second-order valence-corrected chi connectivity index (χ2v) is 8.46. The van der Waals surface area contributed by atoms with Crippen LogP contribution in [0.2, 0.25) is 0 Å². The monoisotopic (exact) mass is 554 g/mol. The molecule has 18 heteroatoms. The summed E-state index contributed by atoms with van der Waals surface area (Å²) in [6, 6.07) is -5.57. The third-order valence-corrected chi connectivity index (χ3v) is 5.22. The fourth-order valence-corrected chi connectivity index (χ4v) is 3.24.